The number of aromatic nitrogens is 1. The summed E-state index contributed by atoms with van der Waals surface area (Å²) in [5.74, 6) is -0.811. The number of hydrogen-bond donors (Lipinski definition) is 1. The molecule has 0 aliphatic rings. The lowest BCUT2D eigenvalue weighted by molar-refractivity contribution is -0.385. The van der Waals surface area contributed by atoms with E-state index in [1.165, 1.54) is 30.3 Å². The number of amides is 1. The molecular weight excluding hydrogens is 322 g/mol. The van der Waals surface area contributed by atoms with E-state index < -0.39 is 30.0 Å². The van der Waals surface area contributed by atoms with Gasteiger partial charge in [-0.05, 0) is 13.0 Å². The van der Waals surface area contributed by atoms with Gasteiger partial charge in [0.25, 0.3) is 5.91 Å². The van der Waals surface area contributed by atoms with E-state index in [9.17, 15) is 19.7 Å². The lowest BCUT2D eigenvalue weighted by Crippen LogP contribution is -2.23. The van der Waals surface area contributed by atoms with Crippen molar-refractivity contribution in [1.82, 2.24) is 5.16 Å². The summed E-state index contributed by atoms with van der Waals surface area (Å²) in [4.78, 5) is 33.2. The SMILES string of the molecule is Cc1cc(NC(=O)COC(=O)COc2ccccc2[N+](=O)[O-])no1. The van der Waals surface area contributed by atoms with Crippen LogP contribution in [0, 0.1) is 17.0 Å². The zero-order valence-corrected chi connectivity index (χ0v) is 12.6. The Hall–Kier alpha value is -3.43. The molecular formula is C14H13N3O7. The fourth-order valence-corrected chi connectivity index (χ4v) is 1.66. The van der Waals surface area contributed by atoms with Gasteiger partial charge in [0.1, 0.15) is 5.76 Å². The first-order chi connectivity index (χ1) is 11.5. The largest absolute Gasteiger partial charge is 0.475 e. The molecule has 0 bridgehead atoms. The Kier molecular flexibility index (Phi) is 5.45. The van der Waals surface area contributed by atoms with Crippen LogP contribution in [0.3, 0.4) is 0 Å². The first kappa shape index (κ1) is 16.9. The fourth-order valence-electron chi connectivity index (χ4n) is 1.66. The van der Waals surface area contributed by atoms with Gasteiger partial charge in [0, 0.05) is 12.1 Å². The number of hydrogen-bond acceptors (Lipinski definition) is 8. The molecule has 1 heterocycles. The normalized spacial score (nSPS) is 10.0. The summed E-state index contributed by atoms with van der Waals surface area (Å²) in [6.45, 7) is 0.537. The summed E-state index contributed by atoms with van der Waals surface area (Å²) in [5, 5.41) is 16.7. The number of para-hydroxylation sites is 2. The second-order valence-corrected chi connectivity index (χ2v) is 4.55. The van der Waals surface area contributed by atoms with E-state index in [2.05, 4.69) is 10.5 Å². The highest BCUT2D eigenvalue weighted by molar-refractivity contribution is 5.91. The summed E-state index contributed by atoms with van der Waals surface area (Å²) in [6, 6.07) is 7.09. The maximum atomic E-state index is 11.5. The summed E-state index contributed by atoms with van der Waals surface area (Å²) in [7, 11) is 0. The van der Waals surface area contributed by atoms with Crippen LogP contribution in [0.4, 0.5) is 11.5 Å². The smallest absolute Gasteiger partial charge is 0.344 e. The molecule has 0 saturated carbocycles. The van der Waals surface area contributed by atoms with E-state index in [1.54, 1.807) is 6.92 Å². The molecule has 0 aliphatic heterocycles. The second-order valence-electron chi connectivity index (χ2n) is 4.55. The summed E-state index contributed by atoms with van der Waals surface area (Å²) in [5.41, 5.74) is -0.274. The molecule has 1 N–H and O–H groups in total. The van der Waals surface area contributed by atoms with Crippen LogP contribution in [0.5, 0.6) is 5.75 Å². The number of ether oxygens (including phenoxy) is 2. The number of rotatable bonds is 7. The number of nitrogens with one attached hydrogen (secondary N) is 1. The molecule has 126 valence electrons. The molecule has 10 heteroatoms. The molecule has 0 fully saturated rings. The lowest BCUT2D eigenvalue weighted by Gasteiger charge is -2.07. The molecule has 1 aromatic carbocycles. The number of nitro benzene ring substituents is 1. The van der Waals surface area contributed by atoms with E-state index in [0.717, 1.165) is 0 Å². The van der Waals surface area contributed by atoms with Crippen molar-refractivity contribution in [2.75, 3.05) is 18.5 Å². The molecule has 24 heavy (non-hydrogen) atoms. The van der Waals surface area contributed by atoms with Crippen molar-refractivity contribution in [1.29, 1.82) is 0 Å². The molecule has 0 unspecified atom stereocenters. The molecule has 2 rings (SSSR count). The zero-order chi connectivity index (χ0) is 17.5. The quantitative estimate of drug-likeness (QED) is 0.456. The van der Waals surface area contributed by atoms with Gasteiger partial charge in [-0.25, -0.2) is 4.79 Å². The van der Waals surface area contributed by atoms with Crippen LogP contribution >= 0.6 is 0 Å². The van der Waals surface area contributed by atoms with Crippen molar-refractivity contribution >= 4 is 23.4 Å². The van der Waals surface area contributed by atoms with Crippen molar-refractivity contribution in [3.63, 3.8) is 0 Å². The average Bonchev–Trinajstić information content (AvgIpc) is 2.96. The van der Waals surface area contributed by atoms with Crippen molar-refractivity contribution < 1.29 is 28.5 Å². The number of aryl methyl sites for hydroxylation is 1. The minimum atomic E-state index is -0.848. The molecule has 0 spiro atoms. The van der Waals surface area contributed by atoms with Crippen LogP contribution in [0.2, 0.25) is 0 Å². The maximum absolute atomic E-state index is 11.5. The van der Waals surface area contributed by atoms with Gasteiger partial charge in [0.15, 0.2) is 24.8 Å². The first-order valence-electron chi connectivity index (χ1n) is 6.70. The van der Waals surface area contributed by atoms with Gasteiger partial charge < -0.3 is 19.3 Å². The highest BCUT2D eigenvalue weighted by Crippen LogP contribution is 2.25. The predicted octanol–water partition coefficient (Wildman–Crippen LogP) is 1.45. The maximum Gasteiger partial charge on any atom is 0.344 e. The van der Waals surface area contributed by atoms with E-state index in [4.69, 9.17) is 14.0 Å². The van der Waals surface area contributed by atoms with Gasteiger partial charge in [-0.2, -0.15) is 0 Å². The molecule has 0 atom stereocenters. The van der Waals surface area contributed by atoms with Crippen LogP contribution in [-0.4, -0.2) is 35.2 Å². The molecule has 1 aromatic heterocycles. The minimum absolute atomic E-state index is 0.0676. The van der Waals surface area contributed by atoms with Crippen LogP contribution in [0.15, 0.2) is 34.9 Å². The van der Waals surface area contributed by atoms with Gasteiger partial charge in [-0.15, -0.1) is 0 Å². The van der Waals surface area contributed by atoms with Gasteiger partial charge in [-0.1, -0.05) is 17.3 Å². The fraction of sp³-hybridized carbons (Fsp3) is 0.214. The highest BCUT2D eigenvalue weighted by atomic mass is 16.6. The Bertz CT molecular complexity index is 756. The summed E-state index contributed by atoms with van der Waals surface area (Å²) >= 11 is 0. The number of carbonyl (C=O) groups excluding carboxylic acids is 2. The highest BCUT2D eigenvalue weighted by Gasteiger charge is 2.16. The van der Waals surface area contributed by atoms with Crippen molar-refractivity contribution in [3.05, 3.63) is 46.2 Å². The van der Waals surface area contributed by atoms with E-state index in [1.807, 2.05) is 0 Å². The topological polar surface area (TPSA) is 134 Å². The third-order valence-electron chi connectivity index (χ3n) is 2.67. The number of esters is 1. The number of carbonyl (C=O) groups is 2. The Labute approximate surface area is 135 Å². The third kappa shape index (κ3) is 4.80. The van der Waals surface area contributed by atoms with Crippen molar-refractivity contribution in [2.45, 2.75) is 6.92 Å². The van der Waals surface area contributed by atoms with Gasteiger partial charge in [-0.3, -0.25) is 14.9 Å². The lowest BCUT2D eigenvalue weighted by atomic mass is 10.3. The number of anilines is 1. The Morgan fingerprint density at radius 3 is 2.75 bits per heavy atom. The van der Waals surface area contributed by atoms with E-state index >= 15 is 0 Å². The Morgan fingerprint density at radius 1 is 1.33 bits per heavy atom. The molecule has 0 saturated heterocycles. The molecule has 1 amide bonds. The first-order valence-corrected chi connectivity index (χ1v) is 6.70. The van der Waals surface area contributed by atoms with Crippen molar-refractivity contribution in [2.24, 2.45) is 0 Å². The molecule has 0 radical (unpaired) electrons. The average molecular weight is 335 g/mol. The monoisotopic (exact) mass is 335 g/mol. The van der Waals surface area contributed by atoms with Crippen molar-refractivity contribution in [3.8, 4) is 5.75 Å². The van der Waals surface area contributed by atoms with Crippen LogP contribution in [-0.2, 0) is 14.3 Å². The molecule has 0 aliphatic carbocycles. The van der Waals surface area contributed by atoms with Crippen LogP contribution < -0.4 is 10.1 Å². The van der Waals surface area contributed by atoms with E-state index in [0.29, 0.717) is 5.76 Å². The third-order valence-corrected chi connectivity index (χ3v) is 2.67. The van der Waals surface area contributed by atoms with Crippen LogP contribution in [0.1, 0.15) is 5.76 Å². The standard InChI is InChI=1S/C14H13N3O7/c1-9-6-12(16-24-9)15-13(18)7-23-14(19)8-22-11-5-3-2-4-10(11)17(20)21/h2-6H,7-8H2,1H3,(H,15,16,18). The Morgan fingerprint density at radius 2 is 2.08 bits per heavy atom. The summed E-state index contributed by atoms with van der Waals surface area (Å²) < 4.78 is 14.5. The predicted molar refractivity (Wildman–Crippen MR) is 79.4 cm³/mol. The van der Waals surface area contributed by atoms with Gasteiger partial charge >= 0.3 is 11.7 Å². The molecule has 10 nitrogen and oxygen atoms in total. The van der Waals surface area contributed by atoms with Gasteiger partial charge in [0.2, 0.25) is 0 Å². The van der Waals surface area contributed by atoms with Crippen LogP contribution in [0.25, 0.3) is 0 Å². The Balaban J connectivity index is 1.77. The molecule has 2 aromatic rings. The second kappa shape index (κ2) is 7.72. The van der Waals surface area contributed by atoms with E-state index in [-0.39, 0.29) is 17.3 Å². The summed E-state index contributed by atoms with van der Waals surface area (Å²) in [6.07, 6.45) is 0. The minimum Gasteiger partial charge on any atom is -0.475 e. The zero-order valence-electron chi connectivity index (χ0n) is 12.6. The number of nitro groups is 1. The van der Waals surface area contributed by atoms with Gasteiger partial charge in [0.05, 0.1) is 4.92 Å². The number of nitrogens with zero attached hydrogens (tertiary/aromatic N) is 2. The number of benzene rings is 1.